The zero-order valence-electron chi connectivity index (χ0n) is 11.8. The summed E-state index contributed by atoms with van der Waals surface area (Å²) < 4.78 is 6.58. The van der Waals surface area contributed by atoms with Gasteiger partial charge in [0.1, 0.15) is 11.5 Å². The highest BCUT2D eigenvalue weighted by Crippen LogP contribution is 2.27. The van der Waals surface area contributed by atoms with Gasteiger partial charge in [0.25, 0.3) is 0 Å². The van der Waals surface area contributed by atoms with Crippen molar-refractivity contribution in [3.63, 3.8) is 0 Å². The third-order valence-corrected chi connectivity index (χ3v) is 4.40. The van der Waals surface area contributed by atoms with Crippen molar-refractivity contribution in [1.29, 1.82) is 5.26 Å². The molecule has 2 aromatic carbocycles. The van der Waals surface area contributed by atoms with Gasteiger partial charge in [0.2, 0.25) is 0 Å². The third-order valence-electron chi connectivity index (χ3n) is 3.17. The lowest BCUT2D eigenvalue weighted by Gasteiger charge is -1.97. The summed E-state index contributed by atoms with van der Waals surface area (Å²) in [5, 5.41) is 9.42. The monoisotopic (exact) mass is 384 g/mol. The maximum Gasteiger partial charge on any atom is 0.145 e. The molecule has 3 aromatic rings. The van der Waals surface area contributed by atoms with E-state index in [9.17, 15) is 0 Å². The Morgan fingerprint density at radius 3 is 2.57 bits per heavy atom. The van der Waals surface area contributed by atoms with Crippen LogP contribution in [-0.4, -0.2) is 6.21 Å². The Morgan fingerprint density at radius 1 is 1.09 bits per heavy atom. The van der Waals surface area contributed by atoms with E-state index in [-0.39, 0.29) is 0 Å². The number of rotatable bonds is 3. The lowest BCUT2D eigenvalue weighted by molar-refractivity contribution is 0.575. The second kappa shape index (κ2) is 6.82. The van der Waals surface area contributed by atoms with Gasteiger partial charge in [0.05, 0.1) is 28.6 Å². The molecule has 0 aliphatic carbocycles. The van der Waals surface area contributed by atoms with E-state index < -0.39 is 0 Å². The average molecular weight is 386 g/mol. The third kappa shape index (κ3) is 3.70. The van der Waals surface area contributed by atoms with E-state index in [1.54, 1.807) is 24.4 Å². The lowest BCUT2D eigenvalue weighted by Crippen LogP contribution is -1.77. The van der Waals surface area contributed by atoms with Crippen molar-refractivity contribution < 1.29 is 4.42 Å². The second-order valence-electron chi connectivity index (χ2n) is 4.75. The van der Waals surface area contributed by atoms with Crippen LogP contribution in [0.3, 0.4) is 0 Å². The molecule has 0 amide bonds. The fourth-order valence-corrected chi connectivity index (χ4v) is 2.41. The predicted molar refractivity (Wildman–Crippen MR) is 95.3 cm³/mol. The number of furan rings is 1. The first-order valence-electron chi connectivity index (χ1n) is 6.75. The predicted octanol–water partition coefficient (Wildman–Crippen LogP) is 5.98. The van der Waals surface area contributed by atoms with Crippen molar-refractivity contribution in [2.45, 2.75) is 0 Å². The first-order valence-corrected chi connectivity index (χ1v) is 7.92. The minimum atomic E-state index is 0.609. The molecule has 112 valence electrons. The average Bonchev–Trinajstić information content (AvgIpc) is 3.05. The number of halogens is 2. The highest BCUT2D eigenvalue weighted by molar-refractivity contribution is 9.10. The summed E-state index contributed by atoms with van der Waals surface area (Å²) in [4.78, 5) is 4.35. The minimum Gasteiger partial charge on any atom is -0.455 e. The number of aliphatic imine (C=N–C) groups is 1. The van der Waals surface area contributed by atoms with Crippen molar-refractivity contribution >= 4 is 39.4 Å². The standard InChI is InChI=1S/C18H10BrClN2O/c19-16-7-5-14(9-17(16)20)22-11-15-6-8-18(23-15)13-3-1-12(10-21)2-4-13/h1-9,11H. The molecular formula is C18H10BrClN2O. The van der Waals surface area contributed by atoms with Crippen LogP contribution in [0.4, 0.5) is 5.69 Å². The van der Waals surface area contributed by atoms with Crippen molar-refractivity contribution in [2.24, 2.45) is 4.99 Å². The summed E-state index contributed by atoms with van der Waals surface area (Å²) in [6, 6.07) is 18.5. The van der Waals surface area contributed by atoms with Gasteiger partial charge in [-0.05, 0) is 70.5 Å². The highest BCUT2D eigenvalue weighted by atomic mass is 79.9. The van der Waals surface area contributed by atoms with E-state index in [2.05, 4.69) is 27.0 Å². The molecule has 0 radical (unpaired) electrons. The highest BCUT2D eigenvalue weighted by Gasteiger charge is 2.04. The topological polar surface area (TPSA) is 49.3 Å². The van der Waals surface area contributed by atoms with Crippen LogP contribution in [0.2, 0.25) is 5.02 Å². The van der Waals surface area contributed by atoms with Crippen LogP contribution in [-0.2, 0) is 0 Å². The van der Waals surface area contributed by atoms with Gasteiger partial charge in [-0.1, -0.05) is 11.6 Å². The van der Waals surface area contributed by atoms with Crippen LogP contribution < -0.4 is 0 Å². The molecule has 3 nitrogen and oxygen atoms in total. The molecule has 0 N–H and O–H groups in total. The van der Waals surface area contributed by atoms with Crippen molar-refractivity contribution in [3.05, 3.63) is 75.4 Å². The molecule has 0 spiro atoms. The molecule has 0 bridgehead atoms. The Morgan fingerprint density at radius 2 is 1.87 bits per heavy atom. The number of nitriles is 1. The van der Waals surface area contributed by atoms with Crippen LogP contribution in [0.15, 0.2) is 68.5 Å². The molecule has 5 heteroatoms. The fraction of sp³-hybridized carbons (Fsp3) is 0. The molecule has 0 atom stereocenters. The Bertz CT molecular complexity index is 908. The van der Waals surface area contributed by atoms with Crippen LogP contribution in [0.5, 0.6) is 0 Å². The summed E-state index contributed by atoms with van der Waals surface area (Å²) in [7, 11) is 0. The molecule has 0 unspecified atom stereocenters. The number of benzene rings is 2. The van der Waals surface area contributed by atoms with Gasteiger partial charge in [0.15, 0.2) is 0 Å². The van der Waals surface area contributed by atoms with Gasteiger partial charge in [-0.2, -0.15) is 5.26 Å². The SMILES string of the molecule is N#Cc1ccc(-c2ccc(C=Nc3ccc(Br)c(Cl)c3)o2)cc1. The van der Waals surface area contributed by atoms with E-state index in [0.29, 0.717) is 16.3 Å². The molecule has 1 aromatic heterocycles. The number of nitrogens with zero attached hydrogens (tertiary/aromatic N) is 2. The zero-order valence-corrected chi connectivity index (χ0v) is 14.2. The minimum absolute atomic E-state index is 0.609. The molecular weight excluding hydrogens is 376 g/mol. The lowest BCUT2D eigenvalue weighted by atomic mass is 10.1. The number of hydrogen-bond acceptors (Lipinski definition) is 3. The Kier molecular flexibility index (Phi) is 4.61. The van der Waals surface area contributed by atoms with Crippen LogP contribution in [0, 0.1) is 11.3 Å². The largest absolute Gasteiger partial charge is 0.455 e. The molecule has 1 heterocycles. The van der Waals surface area contributed by atoms with Gasteiger partial charge in [-0.3, -0.25) is 4.99 Å². The summed E-state index contributed by atoms with van der Waals surface area (Å²) in [6.07, 6.45) is 1.65. The molecule has 0 aliphatic rings. The van der Waals surface area contributed by atoms with Crippen LogP contribution >= 0.6 is 27.5 Å². The fourth-order valence-electron chi connectivity index (χ4n) is 1.99. The van der Waals surface area contributed by atoms with Crippen molar-refractivity contribution in [3.8, 4) is 17.4 Å². The van der Waals surface area contributed by atoms with E-state index in [0.717, 1.165) is 21.5 Å². The van der Waals surface area contributed by atoms with Crippen LogP contribution in [0.25, 0.3) is 11.3 Å². The molecule has 0 aliphatic heterocycles. The molecule has 0 saturated carbocycles. The van der Waals surface area contributed by atoms with Gasteiger partial charge in [0, 0.05) is 10.0 Å². The summed E-state index contributed by atoms with van der Waals surface area (Å²) >= 11 is 9.38. The Hall–Kier alpha value is -2.35. The van der Waals surface area contributed by atoms with E-state index in [1.807, 2.05) is 36.4 Å². The first kappa shape index (κ1) is 15.5. The van der Waals surface area contributed by atoms with E-state index in [4.69, 9.17) is 21.3 Å². The summed E-state index contributed by atoms with van der Waals surface area (Å²) in [6.45, 7) is 0. The van der Waals surface area contributed by atoms with E-state index in [1.165, 1.54) is 0 Å². The Labute approximate surface area is 147 Å². The normalized spacial score (nSPS) is 10.8. The maximum absolute atomic E-state index is 8.81. The van der Waals surface area contributed by atoms with Crippen molar-refractivity contribution in [1.82, 2.24) is 0 Å². The summed E-state index contributed by atoms with van der Waals surface area (Å²) in [5.74, 6) is 1.37. The van der Waals surface area contributed by atoms with Gasteiger partial charge >= 0.3 is 0 Å². The number of hydrogen-bond donors (Lipinski definition) is 0. The van der Waals surface area contributed by atoms with E-state index >= 15 is 0 Å². The quantitative estimate of drug-likeness (QED) is 0.520. The molecule has 23 heavy (non-hydrogen) atoms. The second-order valence-corrected chi connectivity index (χ2v) is 6.01. The molecule has 3 rings (SSSR count). The zero-order chi connectivity index (χ0) is 16.2. The van der Waals surface area contributed by atoms with Gasteiger partial charge < -0.3 is 4.42 Å². The molecule has 0 saturated heterocycles. The van der Waals surface area contributed by atoms with Gasteiger partial charge in [-0.15, -0.1) is 0 Å². The smallest absolute Gasteiger partial charge is 0.145 e. The Balaban J connectivity index is 1.79. The van der Waals surface area contributed by atoms with Gasteiger partial charge in [-0.25, -0.2) is 0 Å². The first-order chi connectivity index (χ1) is 11.2. The van der Waals surface area contributed by atoms with Crippen LogP contribution in [0.1, 0.15) is 11.3 Å². The van der Waals surface area contributed by atoms with Crippen molar-refractivity contribution in [2.75, 3.05) is 0 Å². The molecule has 0 fully saturated rings. The summed E-state index contributed by atoms with van der Waals surface area (Å²) in [5.41, 5.74) is 2.28. The maximum atomic E-state index is 8.81.